The third-order valence-corrected chi connectivity index (χ3v) is 8.59. The van der Waals surface area contributed by atoms with Crippen molar-refractivity contribution in [1.82, 2.24) is 4.90 Å². The number of hydrogen-bond acceptors (Lipinski definition) is 8. The Morgan fingerprint density at radius 2 is 1.61 bits per heavy atom. The molecule has 10 nitrogen and oxygen atoms in total. The number of halogens is 1. The third kappa shape index (κ3) is 11.0. The van der Waals surface area contributed by atoms with Gasteiger partial charge in [-0.05, 0) is 86.4 Å². The van der Waals surface area contributed by atoms with Crippen LogP contribution < -0.4 is 19.1 Å². The molecule has 1 amide bonds. The van der Waals surface area contributed by atoms with Gasteiger partial charge in [0.2, 0.25) is 5.91 Å². The van der Waals surface area contributed by atoms with Crippen molar-refractivity contribution < 1.29 is 38.8 Å². The Bertz CT molecular complexity index is 1500. The van der Waals surface area contributed by atoms with E-state index in [-0.39, 0.29) is 11.2 Å². The summed E-state index contributed by atoms with van der Waals surface area (Å²) in [6, 6.07) is 19.6. The van der Waals surface area contributed by atoms with E-state index in [1.807, 2.05) is 61.6 Å². The fourth-order valence-corrected chi connectivity index (χ4v) is 6.13. The summed E-state index contributed by atoms with van der Waals surface area (Å²) in [6.07, 6.45) is 4.10. The van der Waals surface area contributed by atoms with Crippen LogP contribution in [-0.2, 0) is 20.8 Å². The predicted molar refractivity (Wildman–Crippen MR) is 180 cm³/mol. The Balaban J connectivity index is 0.000000637. The minimum atomic E-state index is -1.26. The molecular weight excluding hydrogens is 632 g/mol. The van der Waals surface area contributed by atoms with Gasteiger partial charge < -0.3 is 34.2 Å². The molecule has 1 heterocycles. The lowest BCUT2D eigenvalue weighted by atomic mass is 10.1. The molecule has 1 aliphatic rings. The number of fused-ring (bicyclic) bond motifs is 1. The number of thioether (sulfide) groups is 1. The highest BCUT2D eigenvalue weighted by molar-refractivity contribution is 8.00. The number of amides is 1. The zero-order chi connectivity index (χ0) is 33.6. The van der Waals surface area contributed by atoms with Gasteiger partial charge in [0.25, 0.3) is 0 Å². The van der Waals surface area contributed by atoms with E-state index in [4.69, 9.17) is 36.0 Å². The zero-order valence-corrected chi connectivity index (χ0v) is 27.8. The number of likely N-dealkylation sites (N-methyl/N-ethyl adjacent to an activating group) is 2. The van der Waals surface area contributed by atoms with Gasteiger partial charge in [0.05, 0.1) is 26.5 Å². The van der Waals surface area contributed by atoms with E-state index in [0.717, 1.165) is 65.7 Å². The predicted octanol–water partition coefficient (Wildman–Crippen LogP) is 6.21. The van der Waals surface area contributed by atoms with Gasteiger partial charge in [0, 0.05) is 35.7 Å². The van der Waals surface area contributed by atoms with Gasteiger partial charge in [-0.15, -0.1) is 11.8 Å². The van der Waals surface area contributed by atoms with Gasteiger partial charge >= 0.3 is 11.9 Å². The number of carbonyl (C=O) groups is 3. The third-order valence-electron chi connectivity index (χ3n) is 7.07. The Kier molecular flexibility index (Phi) is 14.3. The minimum Gasteiger partial charge on any atom is -0.494 e. The number of methoxy groups -OCH3 is 2. The first kappa shape index (κ1) is 36.3. The summed E-state index contributed by atoms with van der Waals surface area (Å²) in [4.78, 5) is 37.1. The van der Waals surface area contributed by atoms with Crippen molar-refractivity contribution in [3.8, 4) is 17.2 Å². The molecule has 3 aromatic rings. The van der Waals surface area contributed by atoms with E-state index in [1.165, 1.54) is 5.56 Å². The minimum absolute atomic E-state index is 0.0636. The van der Waals surface area contributed by atoms with Crippen LogP contribution in [0.3, 0.4) is 0 Å². The number of benzene rings is 3. The second kappa shape index (κ2) is 18.1. The first-order valence-electron chi connectivity index (χ1n) is 14.5. The summed E-state index contributed by atoms with van der Waals surface area (Å²) >= 11 is 7.72. The SMILES string of the molecule is COc1ccc(CCN(C)CCCCOc2ccc(C3Sc4cc(Cl)ccc4N(C)C3=O)cc2)cc1OC.O=C(O)C=CC(=O)O. The standard InChI is InChI=1S/C30H35ClN2O4S.C4H4O4/c1-32(17-15-21-7-14-26(35-3)27(19-21)36-4)16-5-6-18-37-24-11-8-22(9-12-24)29-30(34)33(2)25-13-10-23(31)20-28(25)38-29;5-3(6)1-2-4(7)8/h7-14,19-20,29H,5-6,15-18H2,1-4H3;1-2H,(H,5,6)(H,7,8). The summed E-state index contributed by atoms with van der Waals surface area (Å²) in [5, 5.41) is 16.0. The zero-order valence-electron chi connectivity index (χ0n) is 26.3. The number of aliphatic carboxylic acids is 2. The fourth-order valence-electron chi connectivity index (χ4n) is 4.57. The molecule has 0 aliphatic carbocycles. The number of nitrogens with zero attached hydrogens (tertiary/aromatic N) is 2. The molecule has 3 aromatic carbocycles. The summed E-state index contributed by atoms with van der Waals surface area (Å²) in [5.74, 6) is -0.108. The number of unbranched alkanes of at least 4 members (excludes halogenated alkanes) is 1. The Morgan fingerprint density at radius 1 is 0.935 bits per heavy atom. The molecule has 4 rings (SSSR count). The number of hydrogen-bond donors (Lipinski definition) is 2. The van der Waals surface area contributed by atoms with E-state index < -0.39 is 11.9 Å². The highest BCUT2D eigenvalue weighted by Gasteiger charge is 2.32. The normalized spacial score (nSPS) is 14.0. The van der Waals surface area contributed by atoms with E-state index >= 15 is 0 Å². The van der Waals surface area contributed by atoms with Crippen molar-refractivity contribution in [3.05, 3.63) is 89.0 Å². The maximum atomic E-state index is 13.0. The van der Waals surface area contributed by atoms with Gasteiger partial charge in [-0.2, -0.15) is 0 Å². The van der Waals surface area contributed by atoms with Crippen LogP contribution in [0.5, 0.6) is 17.2 Å². The molecule has 1 atom stereocenters. The van der Waals surface area contributed by atoms with Crippen molar-refractivity contribution in [2.45, 2.75) is 29.4 Å². The van der Waals surface area contributed by atoms with Crippen molar-refractivity contribution in [3.63, 3.8) is 0 Å². The van der Waals surface area contributed by atoms with Gasteiger partial charge in [-0.1, -0.05) is 29.8 Å². The summed E-state index contributed by atoms with van der Waals surface area (Å²) < 4.78 is 16.7. The molecule has 1 unspecified atom stereocenters. The fraction of sp³-hybridized carbons (Fsp3) is 0.324. The van der Waals surface area contributed by atoms with Gasteiger partial charge in [0.15, 0.2) is 11.5 Å². The maximum Gasteiger partial charge on any atom is 0.328 e. The Labute approximate surface area is 278 Å². The Morgan fingerprint density at radius 3 is 2.24 bits per heavy atom. The van der Waals surface area contributed by atoms with Crippen molar-refractivity contribution >= 4 is 46.9 Å². The number of carboxylic acid groups (broad SMARTS) is 2. The summed E-state index contributed by atoms with van der Waals surface area (Å²) in [5.41, 5.74) is 3.09. The van der Waals surface area contributed by atoms with Gasteiger partial charge in [0.1, 0.15) is 11.0 Å². The highest BCUT2D eigenvalue weighted by atomic mass is 35.5. The smallest absolute Gasteiger partial charge is 0.328 e. The van der Waals surface area contributed by atoms with Crippen LogP contribution in [0.2, 0.25) is 5.02 Å². The maximum absolute atomic E-state index is 13.0. The molecule has 0 fully saturated rings. The van der Waals surface area contributed by atoms with E-state index in [2.05, 4.69) is 18.0 Å². The van der Waals surface area contributed by atoms with Crippen molar-refractivity contribution in [2.24, 2.45) is 0 Å². The molecule has 0 radical (unpaired) electrons. The lowest BCUT2D eigenvalue weighted by molar-refractivity contribution is -0.134. The van der Waals surface area contributed by atoms with Crippen LogP contribution in [0.25, 0.3) is 0 Å². The number of rotatable bonds is 14. The van der Waals surface area contributed by atoms with Crippen molar-refractivity contribution in [1.29, 1.82) is 0 Å². The summed E-state index contributed by atoms with van der Waals surface area (Å²) in [7, 11) is 7.27. The molecule has 0 aromatic heterocycles. The van der Waals surface area contributed by atoms with Crippen LogP contribution in [0.4, 0.5) is 5.69 Å². The van der Waals surface area contributed by atoms with Crippen molar-refractivity contribution in [2.75, 3.05) is 52.9 Å². The number of ether oxygens (including phenoxy) is 3. The number of carbonyl (C=O) groups excluding carboxylic acids is 1. The van der Waals surface area contributed by atoms with Gasteiger partial charge in [-0.25, -0.2) is 9.59 Å². The van der Waals surface area contributed by atoms with Crippen LogP contribution in [0, 0.1) is 0 Å². The largest absolute Gasteiger partial charge is 0.494 e. The number of anilines is 1. The number of carboxylic acids is 2. The molecule has 0 saturated heterocycles. The molecule has 0 spiro atoms. The second-order valence-electron chi connectivity index (χ2n) is 10.4. The second-order valence-corrected chi connectivity index (χ2v) is 12.0. The van der Waals surface area contributed by atoms with Crippen LogP contribution in [0.15, 0.2) is 77.7 Å². The lowest BCUT2D eigenvalue weighted by Crippen LogP contribution is -2.33. The molecule has 46 heavy (non-hydrogen) atoms. The topological polar surface area (TPSA) is 126 Å². The molecule has 12 heteroatoms. The first-order valence-corrected chi connectivity index (χ1v) is 15.8. The lowest BCUT2D eigenvalue weighted by Gasteiger charge is -2.31. The molecule has 246 valence electrons. The molecular formula is C34H39ClN2O8S. The van der Waals surface area contributed by atoms with E-state index in [9.17, 15) is 14.4 Å². The molecule has 2 N–H and O–H groups in total. The monoisotopic (exact) mass is 670 g/mol. The average molecular weight is 671 g/mol. The first-order chi connectivity index (χ1) is 22.0. The van der Waals surface area contributed by atoms with E-state index in [1.54, 1.807) is 30.9 Å². The average Bonchev–Trinajstić information content (AvgIpc) is 3.04. The summed E-state index contributed by atoms with van der Waals surface area (Å²) in [6.45, 7) is 2.64. The molecule has 1 aliphatic heterocycles. The highest BCUT2D eigenvalue weighted by Crippen LogP contribution is 2.47. The molecule has 0 saturated carbocycles. The molecule has 0 bridgehead atoms. The van der Waals surface area contributed by atoms with Gasteiger partial charge in [-0.3, -0.25) is 4.79 Å². The Hall–Kier alpha value is -4.19. The van der Waals surface area contributed by atoms with Crippen LogP contribution >= 0.6 is 23.4 Å². The van der Waals surface area contributed by atoms with E-state index in [0.29, 0.717) is 23.8 Å². The van der Waals surface area contributed by atoms with Crippen LogP contribution in [0.1, 0.15) is 29.2 Å². The van der Waals surface area contributed by atoms with Crippen LogP contribution in [-0.4, -0.2) is 81.0 Å². The quantitative estimate of drug-likeness (QED) is 0.151.